The first-order valence-corrected chi connectivity index (χ1v) is 9.80. The van der Waals surface area contributed by atoms with Crippen LogP contribution in [0.4, 0.5) is 5.69 Å². The van der Waals surface area contributed by atoms with Crippen molar-refractivity contribution in [3.05, 3.63) is 47.0 Å². The van der Waals surface area contributed by atoms with Crippen LogP contribution in [0.25, 0.3) is 0 Å². The number of halogens is 1. The number of hydrogen-bond acceptors (Lipinski definition) is 5. The van der Waals surface area contributed by atoms with E-state index in [0.717, 1.165) is 11.3 Å². The number of benzene rings is 1. The molecule has 0 saturated heterocycles. The Bertz CT molecular complexity index is 823. The fourth-order valence-corrected chi connectivity index (χ4v) is 2.96. The molecule has 0 unspecified atom stereocenters. The molecular weight excluding hydrogens is 362 g/mol. The number of unbranched alkanes of at least 4 members (excludes halogenated alkanes) is 1. The summed E-state index contributed by atoms with van der Waals surface area (Å²) < 4.78 is 33.8. The van der Waals surface area contributed by atoms with Crippen LogP contribution in [-0.4, -0.2) is 55.5 Å². The van der Waals surface area contributed by atoms with Crippen molar-refractivity contribution in [2.45, 2.75) is 12.8 Å². The van der Waals surface area contributed by atoms with Crippen LogP contribution in [0.2, 0.25) is 5.02 Å². The maximum Gasteiger partial charge on any atom is 0.176 e. The summed E-state index contributed by atoms with van der Waals surface area (Å²) in [4.78, 5) is 0. The molecule has 6 nitrogen and oxygen atoms in total. The zero-order valence-electron chi connectivity index (χ0n) is 13.9. The van der Waals surface area contributed by atoms with Gasteiger partial charge in [0.05, 0.1) is 21.4 Å². The van der Waals surface area contributed by atoms with Crippen molar-refractivity contribution in [2.24, 2.45) is 5.10 Å². The lowest BCUT2D eigenvalue weighted by atomic mass is 10.2. The lowest BCUT2D eigenvalue weighted by Gasteiger charge is -2.11. The van der Waals surface area contributed by atoms with Crippen LogP contribution >= 0.6 is 11.6 Å². The van der Waals surface area contributed by atoms with Crippen LogP contribution < -0.4 is 5.01 Å². The highest BCUT2D eigenvalue weighted by molar-refractivity contribution is 7.85. The summed E-state index contributed by atoms with van der Waals surface area (Å²) in [5.74, 6) is 2.71. The summed E-state index contributed by atoms with van der Waals surface area (Å²) in [5.41, 5.74) is 1.82. The van der Waals surface area contributed by atoms with Gasteiger partial charge in [-0.15, -0.1) is 5.10 Å². The fraction of sp³-hybridized carbons (Fsp3) is 0.353. The van der Waals surface area contributed by atoms with E-state index in [4.69, 9.17) is 11.6 Å². The summed E-state index contributed by atoms with van der Waals surface area (Å²) in [5, 5.41) is 6.68. The van der Waals surface area contributed by atoms with Crippen molar-refractivity contribution < 1.29 is 17.5 Å². The molecule has 0 aromatic heterocycles. The quantitative estimate of drug-likeness (QED) is 0.239. The summed E-state index contributed by atoms with van der Waals surface area (Å²) >= 11 is 5.87. The first kappa shape index (κ1) is 19.4. The van der Waals surface area contributed by atoms with Crippen LogP contribution in [0.3, 0.4) is 0 Å². The average Bonchev–Trinajstić information content (AvgIpc) is 2.57. The fourth-order valence-electron chi connectivity index (χ4n) is 2.28. The lowest BCUT2D eigenvalue weighted by molar-refractivity contribution is -0.515. The number of hydrazone groups is 1. The second-order valence-electron chi connectivity index (χ2n) is 5.68. The zero-order valence-corrected chi connectivity index (χ0v) is 15.5. The first-order valence-electron chi connectivity index (χ1n) is 7.84. The molecule has 0 radical (unpaired) electrons. The predicted octanol–water partition coefficient (Wildman–Crippen LogP) is 2.27. The Morgan fingerprint density at radius 3 is 2.72 bits per heavy atom. The van der Waals surface area contributed by atoms with Crippen LogP contribution in [0, 0.1) is 0 Å². The highest BCUT2D eigenvalue weighted by Gasteiger charge is 2.10. The number of anilines is 1. The molecule has 8 heteroatoms. The number of allylic oxidation sites excluding steroid dienone is 1. The topological polar surface area (TPSA) is 75.8 Å². The summed E-state index contributed by atoms with van der Waals surface area (Å²) in [7, 11) is -2.29. The van der Waals surface area contributed by atoms with E-state index < -0.39 is 10.1 Å². The molecule has 2 rings (SSSR count). The minimum Gasteiger partial charge on any atom is -0.748 e. The van der Waals surface area contributed by atoms with E-state index in [1.807, 2.05) is 42.1 Å². The predicted molar refractivity (Wildman–Crippen MR) is 99.8 cm³/mol. The third-order valence-corrected chi connectivity index (χ3v) is 4.64. The first-order chi connectivity index (χ1) is 11.8. The van der Waals surface area contributed by atoms with Crippen LogP contribution in [0.15, 0.2) is 47.1 Å². The summed E-state index contributed by atoms with van der Waals surface area (Å²) in [6.45, 7) is 1.32. The SMILES string of the molecule is CN(N=C=C1C=CC=[N+](CCCCS(=O)(=O)[O-])C1)c1ccc(Cl)cc1. The van der Waals surface area contributed by atoms with E-state index in [2.05, 4.69) is 11.0 Å². The van der Waals surface area contributed by atoms with Crippen molar-refractivity contribution >= 4 is 39.5 Å². The lowest BCUT2D eigenvalue weighted by Crippen LogP contribution is -2.20. The Morgan fingerprint density at radius 2 is 2.04 bits per heavy atom. The van der Waals surface area contributed by atoms with E-state index in [1.165, 1.54) is 0 Å². The molecule has 0 aliphatic carbocycles. The van der Waals surface area contributed by atoms with E-state index in [0.29, 0.717) is 31.0 Å². The Hall–Kier alpha value is -1.92. The minimum absolute atomic E-state index is 0.313. The summed E-state index contributed by atoms with van der Waals surface area (Å²) in [6, 6.07) is 7.35. The molecule has 1 heterocycles. The van der Waals surface area contributed by atoms with E-state index in [-0.39, 0.29) is 5.75 Å². The largest absolute Gasteiger partial charge is 0.748 e. The van der Waals surface area contributed by atoms with Crippen molar-refractivity contribution in [2.75, 3.05) is 30.9 Å². The van der Waals surface area contributed by atoms with Crippen LogP contribution in [-0.2, 0) is 10.1 Å². The van der Waals surface area contributed by atoms with Gasteiger partial charge in [-0.2, -0.15) is 0 Å². The molecule has 0 amide bonds. The normalized spacial score (nSPS) is 14.0. The van der Waals surface area contributed by atoms with Gasteiger partial charge in [-0.05, 0) is 36.8 Å². The Labute approximate surface area is 153 Å². The van der Waals surface area contributed by atoms with E-state index in [1.54, 1.807) is 17.1 Å². The molecule has 25 heavy (non-hydrogen) atoms. The van der Waals surface area contributed by atoms with Crippen molar-refractivity contribution in [1.29, 1.82) is 0 Å². The second-order valence-corrected chi connectivity index (χ2v) is 7.64. The average molecular weight is 382 g/mol. The minimum atomic E-state index is -4.12. The van der Waals surface area contributed by atoms with Crippen molar-refractivity contribution in [3.63, 3.8) is 0 Å². The third kappa shape index (κ3) is 7.23. The molecule has 1 aliphatic heterocycles. The van der Waals surface area contributed by atoms with E-state index >= 15 is 0 Å². The Kier molecular flexibility index (Phi) is 6.96. The van der Waals surface area contributed by atoms with Gasteiger partial charge in [0.1, 0.15) is 6.54 Å². The van der Waals surface area contributed by atoms with E-state index in [9.17, 15) is 13.0 Å². The molecular formula is C17H20ClN3O3S. The van der Waals surface area contributed by atoms with Gasteiger partial charge in [0.25, 0.3) is 0 Å². The van der Waals surface area contributed by atoms with Crippen LogP contribution in [0.1, 0.15) is 12.8 Å². The smallest absolute Gasteiger partial charge is 0.176 e. The zero-order chi connectivity index (χ0) is 18.3. The molecule has 134 valence electrons. The van der Waals surface area contributed by atoms with Gasteiger partial charge in [-0.1, -0.05) is 11.6 Å². The van der Waals surface area contributed by atoms with Crippen molar-refractivity contribution in [3.8, 4) is 0 Å². The van der Waals surface area contributed by atoms with Gasteiger partial charge in [0.2, 0.25) is 0 Å². The number of hydrogen-bond donors (Lipinski definition) is 0. The molecule has 1 aromatic rings. The molecule has 0 atom stereocenters. The molecule has 1 aliphatic rings. The standard InChI is InChI=1S/C17H20ClN3O3S/c1-20(17-8-6-16(18)7-9-17)19-13-15-5-4-11-21(14-15)10-2-3-12-25(22,23)24/h4-9,11H,2-3,10,12,14H2,1H3. The molecule has 0 N–H and O–H groups in total. The summed E-state index contributed by atoms with van der Waals surface area (Å²) in [6.07, 6.45) is 6.76. The second kappa shape index (κ2) is 8.97. The molecule has 0 spiro atoms. The Balaban J connectivity index is 1.90. The molecule has 1 aromatic carbocycles. The monoisotopic (exact) mass is 381 g/mol. The number of rotatable bonds is 7. The molecule has 0 fully saturated rings. The maximum absolute atomic E-state index is 10.6. The van der Waals surface area contributed by atoms with Gasteiger partial charge in [-0.3, -0.25) is 5.01 Å². The van der Waals surface area contributed by atoms with Crippen LogP contribution in [0.5, 0.6) is 0 Å². The van der Waals surface area contributed by atoms with Gasteiger partial charge in [-0.25, -0.2) is 13.0 Å². The number of nitrogens with zero attached hydrogens (tertiary/aromatic N) is 3. The van der Waals surface area contributed by atoms with Gasteiger partial charge in [0, 0.05) is 36.2 Å². The molecule has 0 saturated carbocycles. The van der Waals surface area contributed by atoms with Gasteiger partial charge in [0.15, 0.2) is 12.8 Å². The third-order valence-electron chi connectivity index (χ3n) is 3.60. The highest BCUT2D eigenvalue weighted by atomic mass is 35.5. The van der Waals surface area contributed by atoms with Crippen molar-refractivity contribution in [1.82, 2.24) is 0 Å². The highest BCUT2D eigenvalue weighted by Crippen LogP contribution is 2.16. The van der Waals surface area contributed by atoms with Gasteiger partial charge < -0.3 is 4.55 Å². The maximum atomic E-state index is 10.6. The molecule has 0 bridgehead atoms. The Morgan fingerprint density at radius 1 is 1.32 bits per heavy atom. The van der Waals surface area contributed by atoms with Gasteiger partial charge >= 0.3 is 0 Å².